The van der Waals surface area contributed by atoms with Gasteiger partial charge in [-0.2, -0.15) is 0 Å². The van der Waals surface area contributed by atoms with Crippen molar-refractivity contribution >= 4 is 0 Å². The molecule has 1 unspecified atom stereocenters. The predicted molar refractivity (Wildman–Crippen MR) is 71.3 cm³/mol. The third-order valence-corrected chi connectivity index (χ3v) is 2.01. The lowest BCUT2D eigenvalue weighted by Gasteiger charge is -2.09. The predicted octanol–water partition coefficient (Wildman–Crippen LogP) is 4.33. The average Bonchev–Trinajstić information content (AvgIpc) is 2.34. The Labute approximate surface area is 95.9 Å². The molecule has 0 aromatic heterocycles. The zero-order valence-electron chi connectivity index (χ0n) is 11.4. The van der Waals surface area contributed by atoms with E-state index >= 15 is 0 Å². The Balaban J connectivity index is 0. The summed E-state index contributed by atoms with van der Waals surface area (Å²) in [6.45, 7) is 12.3. The van der Waals surface area contributed by atoms with Gasteiger partial charge < -0.3 is 5.32 Å². The van der Waals surface area contributed by atoms with Crippen molar-refractivity contribution in [1.82, 2.24) is 5.32 Å². The molecule has 1 heteroatoms. The third kappa shape index (κ3) is 7.15. The van der Waals surface area contributed by atoms with Gasteiger partial charge in [-0.25, -0.2) is 0 Å². The van der Waals surface area contributed by atoms with Crippen molar-refractivity contribution in [3.63, 3.8) is 0 Å². The van der Waals surface area contributed by atoms with E-state index in [-0.39, 0.29) is 0 Å². The van der Waals surface area contributed by atoms with Crippen molar-refractivity contribution in [1.29, 1.82) is 0 Å². The van der Waals surface area contributed by atoms with Crippen LogP contribution < -0.4 is 5.32 Å². The summed E-state index contributed by atoms with van der Waals surface area (Å²) in [4.78, 5) is 0. The second kappa shape index (κ2) is 11.3. The Morgan fingerprint density at radius 3 is 1.67 bits per heavy atom. The molecule has 1 nitrogen and oxygen atoms in total. The minimum absolute atomic E-state index is 0.454. The van der Waals surface area contributed by atoms with Crippen LogP contribution in [0.3, 0.4) is 0 Å². The van der Waals surface area contributed by atoms with Gasteiger partial charge in [0, 0.05) is 6.04 Å². The molecule has 0 aliphatic carbocycles. The zero-order chi connectivity index (χ0) is 12.3. The lowest BCUT2D eigenvalue weighted by molar-refractivity contribution is 0.652. The van der Waals surface area contributed by atoms with E-state index in [9.17, 15) is 0 Å². The summed E-state index contributed by atoms with van der Waals surface area (Å²) < 4.78 is 0. The van der Waals surface area contributed by atoms with Crippen molar-refractivity contribution in [3.8, 4) is 0 Å². The highest BCUT2D eigenvalue weighted by Gasteiger charge is 1.99. The molecule has 1 rings (SSSR count). The zero-order valence-corrected chi connectivity index (χ0v) is 11.4. The van der Waals surface area contributed by atoms with Gasteiger partial charge in [-0.3, -0.25) is 0 Å². The van der Waals surface area contributed by atoms with Crippen LogP contribution in [-0.4, -0.2) is 7.05 Å². The monoisotopic (exact) mass is 209 g/mol. The van der Waals surface area contributed by atoms with Crippen molar-refractivity contribution in [2.24, 2.45) is 0 Å². The van der Waals surface area contributed by atoms with Crippen LogP contribution >= 0.6 is 0 Å². The number of nitrogens with one attached hydrogen (secondary N) is 1. The molecule has 0 radical (unpaired) electrons. The molecule has 1 N–H and O–H groups in total. The lowest BCUT2D eigenvalue weighted by atomic mass is 10.1. The molecule has 1 aromatic carbocycles. The van der Waals surface area contributed by atoms with Crippen molar-refractivity contribution < 1.29 is 0 Å². The summed E-state index contributed by atoms with van der Waals surface area (Å²) >= 11 is 0. The second-order valence-corrected chi connectivity index (χ2v) is 2.92. The van der Waals surface area contributed by atoms with E-state index < -0.39 is 0 Å². The van der Waals surface area contributed by atoms with Crippen LogP contribution in [0.25, 0.3) is 0 Å². The molecule has 0 fully saturated rings. The summed E-state index contributed by atoms with van der Waals surface area (Å²) in [5.74, 6) is 0. The SMILES string of the molecule is CC.CC.CNC(C)c1ccc(C)cc1. The van der Waals surface area contributed by atoms with Crippen molar-refractivity contribution in [3.05, 3.63) is 35.4 Å². The van der Waals surface area contributed by atoms with E-state index in [0.717, 1.165) is 0 Å². The Kier molecular flexibility index (Phi) is 12.5. The van der Waals surface area contributed by atoms with Crippen LogP contribution in [0, 0.1) is 6.92 Å². The van der Waals surface area contributed by atoms with Gasteiger partial charge in [0.1, 0.15) is 0 Å². The molecule has 0 saturated carbocycles. The van der Waals surface area contributed by atoms with Gasteiger partial charge in [-0.15, -0.1) is 0 Å². The molecule has 0 saturated heterocycles. The van der Waals surface area contributed by atoms with Gasteiger partial charge in [-0.1, -0.05) is 57.5 Å². The van der Waals surface area contributed by atoms with Crippen molar-refractivity contribution in [2.45, 2.75) is 47.6 Å². The first-order valence-electron chi connectivity index (χ1n) is 5.98. The summed E-state index contributed by atoms with van der Waals surface area (Å²) in [6.07, 6.45) is 0. The minimum atomic E-state index is 0.454. The fourth-order valence-electron chi connectivity index (χ4n) is 1.02. The van der Waals surface area contributed by atoms with E-state index in [1.807, 2.05) is 34.7 Å². The highest BCUT2D eigenvalue weighted by molar-refractivity contribution is 5.23. The number of hydrogen-bond acceptors (Lipinski definition) is 1. The fraction of sp³-hybridized carbons (Fsp3) is 0.571. The van der Waals surface area contributed by atoms with Gasteiger partial charge in [0.2, 0.25) is 0 Å². The van der Waals surface area contributed by atoms with Gasteiger partial charge in [0.25, 0.3) is 0 Å². The summed E-state index contributed by atoms with van der Waals surface area (Å²) in [5, 5.41) is 3.20. The topological polar surface area (TPSA) is 12.0 Å². The van der Waals surface area contributed by atoms with Gasteiger partial charge in [0.05, 0.1) is 0 Å². The van der Waals surface area contributed by atoms with E-state index in [4.69, 9.17) is 0 Å². The van der Waals surface area contributed by atoms with E-state index in [1.165, 1.54) is 11.1 Å². The Hall–Kier alpha value is -0.820. The molecule has 0 aliphatic heterocycles. The third-order valence-electron chi connectivity index (χ3n) is 2.01. The molecule has 0 spiro atoms. The lowest BCUT2D eigenvalue weighted by Crippen LogP contribution is -2.11. The molecule has 0 heterocycles. The molecular weight excluding hydrogens is 182 g/mol. The largest absolute Gasteiger partial charge is 0.313 e. The number of benzene rings is 1. The fourth-order valence-corrected chi connectivity index (χ4v) is 1.02. The Bertz CT molecular complexity index is 213. The van der Waals surface area contributed by atoms with Crippen LogP contribution in [0.2, 0.25) is 0 Å². The van der Waals surface area contributed by atoms with Gasteiger partial charge in [0.15, 0.2) is 0 Å². The molecule has 1 atom stereocenters. The molecule has 15 heavy (non-hydrogen) atoms. The van der Waals surface area contributed by atoms with Crippen LogP contribution in [0.15, 0.2) is 24.3 Å². The molecule has 1 aromatic rings. The summed E-state index contributed by atoms with van der Waals surface area (Å²) in [5.41, 5.74) is 2.66. The number of aryl methyl sites for hydroxylation is 1. The van der Waals surface area contributed by atoms with Crippen LogP contribution in [0.4, 0.5) is 0 Å². The maximum atomic E-state index is 3.20. The smallest absolute Gasteiger partial charge is 0.0289 e. The molecule has 0 aliphatic rings. The first kappa shape index (κ1) is 16.6. The van der Waals surface area contributed by atoms with E-state index in [2.05, 4.69) is 43.4 Å². The number of rotatable bonds is 2. The second-order valence-electron chi connectivity index (χ2n) is 2.92. The molecule has 88 valence electrons. The molecule has 0 amide bonds. The maximum absolute atomic E-state index is 3.20. The molecule has 0 bridgehead atoms. The Morgan fingerprint density at radius 1 is 0.933 bits per heavy atom. The average molecular weight is 209 g/mol. The molecular formula is C14H27N. The Morgan fingerprint density at radius 2 is 1.33 bits per heavy atom. The normalized spacial score (nSPS) is 10.3. The van der Waals surface area contributed by atoms with Crippen LogP contribution in [0.1, 0.15) is 51.8 Å². The van der Waals surface area contributed by atoms with Crippen LogP contribution in [0.5, 0.6) is 0 Å². The quantitative estimate of drug-likeness (QED) is 0.764. The first-order valence-corrected chi connectivity index (χ1v) is 5.98. The number of hydrogen-bond donors (Lipinski definition) is 1. The van der Waals surface area contributed by atoms with Crippen LogP contribution in [-0.2, 0) is 0 Å². The first-order chi connectivity index (χ1) is 7.24. The van der Waals surface area contributed by atoms with Gasteiger partial charge in [-0.05, 0) is 26.5 Å². The van der Waals surface area contributed by atoms with Crippen molar-refractivity contribution in [2.75, 3.05) is 7.05 Å². The van der Waals surface area contributed by atoms with E-state index in [0.29, 0.717) is 6.04 Å². The van der Waals surface area contributed by atoms with E-state index in [1.54, 1.807) is 0 Å². The summed E-state index contributed by atoms with van der Waals surface area (Å²) in [7, 11) is 1.98. The van der Waals surface area contributed by atoms with Gasteiger partial charge >= 0.3 is 0 Å². The summed E-state index contributed by atoms with van der Waals surface area (Å²) in [6, 6.07) is 9.06. The minimum Gasteiger partial charge on any atom is -0.313 e. The maximum Gasteiger partial charge on any atom is 0.0289 e. The highest BCUT2D eigenvalue weighted by Crippen LogP contribution is 2.11. The highest BCUT2D eigenvalue weighted by atomic mass is 14.8. The standard InChI is InChI=1S/C10H15N.2C2H6/c1-8-4-6-10(7-5-8)9(2)11-3;2*1-2/h4-7,9,11H,1-3H3;2*1-2H3.